The Balaban J connectivity index is 1.62. The van der Waals surface area contributed by atoms with E-state index in [2.05, 4.69) is 11.4 Å². The van der Waals surface area contributed by atoms with E-state index in [0.717, 1.165) is 5.56 Å². The third-order valence-corrected chi connectivity index (χ3v) is 9.52. The van der Waals surface area contributed by atoms with Gasteiger partial charge in [-0.2, -0.15) is 5.26 Å². The van der Waals surface area contributed by atoms with Crippen molar-refractivity contribution in [2.24, 2.45) is 5.92 Å². The van der Waals surface area contributed by atoms with Crippen LogP contribution in [0.3, 0.4) is 0 Å². The van der Waals surface area contributed by atoms with E-state index in [4.69, 9.17) is 11.6 Å². The Labute approximate surface area is 194 Å². The van der Waals surface area contributed by atoms with Crippen LogP contribution in [-0.2, 0) is 24.8 Å². The van der Waals surface area contributed by atoms with Crippen LogP contribution in [0.25, 0.3) is 0 Å². The van der Waals surface area contributed by atoms with Gasteiger partial charge in [0.1, 0.15) is 11.6 Å². The lowest BCUT2D eigenvalue weighted by atomic mass is 9.94. The lowest BCUT2D eigenvalue weighted by Gasteiger charge is -2.29. The lowest BCUT2D eigenvalue weighted by Crippen LogP contribution is -2.51. The fourth-order valence-corrected chi connectivity index (χ4v) is 6.83. The molecule has 1 saturated heterocycles. The largest absolute Gasteiger partial charge is 0.336 e. The van der Waals surface area contributed by atoms with Gasteiger partial charge in [0.2, 0.25) is 11.8 Å². The van der Waals surface area contributed by atoms with Gasteiger partial charge in [0.05, 0.1) is 22.5 Å². The van der Waals surface area contributed by atoms with E-state index >= 15 is 0 Å². The zero-order valence-electron chi connectivity index (χ0n) is 18.3. The molecule has 1 N–H and O–H groups in total. The number of benzene rings is 1. The number of likely N-dealkylation sites (tertiary alicyclic amines) is 1. The highest BCUT2D eigenvalue weighted by Gasteiger charge is 2.57. The van der Waals surface area contributed by atoms with Crippen LogP contribution in [0.2, 0.25) is 5.02 Å². The summed E-state index contributed by atoms with van der Waals surface area (Å²) in [7, 11) is -3.48. The maximum absolute atomic E-state index is 13.7. The number of halogens is 1. The Hall–Kier alpha value is -2.11. The summed E-state index contributed by atoms with van der Waals surface area (Å²) in [5.41, 5.74) is -0.796. The number of carbonyl (C=O) groups is 2. The second-order valence-corrected chi connectivity index (χ2v) is 12.6. The van der Waals surface area contributed by atoms with Gasteiger partial charge in [-0.05, 0) is 55.7 Å². The summed E-state index contributed by atoms with van der Waals surface area (Å²) < 4.78 is 25.9. The summed E-state index contributed by atoms with van der Waals surface area (Å²) in [5, 5.41) is 11.9. The summed E-state index contributed by atoms with van der Waals surface area (Å²) >= 11 is 6.00. The number of nitrogens with zero attached hydrogens (tertiary/aromatic N) is 2. The highest BCUT2D eigenvalue weighted by atomic mass is 35.5. The highest BCUT2D eigenvalue weighted by Crippen LogP contribution is 2.51. The fraction of sp³-hybridized carbons (Fsp3) is 0.609. The summed E-state index contributed by atoms with van der Waals surface area (Å²) in [4.78, 5) is 28.3. The van der Waals surface area contributed by atoms with Crippen molar-refractivity contribution >= 4 is 33.3 Å². The molecule has 0 spiro atoms. The normalized spacial score (nSPS) is 25.3. The van der Waals surface area contributed by atoms with Crippen molar-refractivity contribution in [3.05, 3.63) is 34.9 Å². The molecule has 7 nitrogen and oxygen atoms in total. The molecule has 1 heterocycles. The minimum atomic E-state index is -3.48. The third kappa shape index (κ3) is 4.25. The second kappa shape index (κ2) is 8.03. The number of sulfone groups is 1. The van der Waals surface area contributed by atoms with Crippen molar-refractivity contribution in [2.75, 3.05) is 12.3 Å². The molecule has 0 aromatic heterocycles. The van der Waals surface area contributed by atoms with Crippen LogP contribution in [0.1, 0.15) is 51.5 Å². The number of hydrogen-bond acceptors (Lipinski definition) is 5. The van der Waals surface area contributed by atoms with E-state index in [1.807, 2.05) is 26.0 Å². The Kier molecular flexibility index (Phi) is 5.79. The number of amides is 2. The molecule has 1 aliphatic heterocycles. The standard InChI is InChI=1S/C23H28ClN3O4S/c1-15(2)13-32(30,31)18-11-19(20(28)26-22(14-25)7-8-22)27(12-18)21(29)23(9-10-23)16-3-5-17(24)6-4-16/h3-6,15,18-19H,7-13H2,1-2H3,(H,26,28)/t18-,19+/m1/s1. The van der Waals surface area contributed by atoms with E-state index in [1.165, 1.54) is 4.90 Å². The van der Waals surface area contributed by atoms with Crippen LogP contribution in [0.5, 0.6) is 0 Å². The van der Waals surface area contributed by atoms with Crippen LogP contribution in [0.4, 0.5) is 0 Å². The lowest BCUT2D eigenvalue weighted by molar-refractivity contribution is -0.140. The van der Waals surface area contributed by atoms with Gasteiger partial charge in [-0.1, -0.05) is 37.6 Å². The molecule has 0 bridgehead atoms. The Morgan fingerprint density at radius 3 is 2.34 bits per heavy atom. The average molecular weight is 478 g/mol. The van der Waals surface area contributed by atoms with Gasteiger partial charge in [-0.25, -0.2) is 8.42 Å². The molecule has 1 aromatic rings. The van der Waals surface area contributed by atoms with Crippen molar-refractivity contribution in [1.82, 2.24) is 10.2 Å². The van der Waals surface area contributed by atoms with E-state index < -0.39 is 38.0 Å². The summed E-state index contributed by atoms with van der Waals surface area (Å²) in [6, 6.07) is 8.34. The maximum atomic E-state index is 13.7. The Morgan fingerprint density at radius 2 is 1.84 bits per heavy atom. The highest BCUT2D eigenvalue weighted by molar-refractivity contribution is 7.92. The maximum Gasteiger partial charge on any atom is 0.244 e. The predicted octanol–water partition coefficient (Wildman–Crippen LogP) is 2.58. The molecule has 3 fully saturated rings. The Morgan fingerprint density at radius 1 is 1.22 bits per heavy atom. The monoisotopic (exact) mass is 477 g/mol. The average Bonchev–Trinajstić information content (AvgIpc) is 3.64. The van der Waals surface area contributed by atoms with Gasteiger partial charge in [0, 0.05) is 11.6 Å². The molecule has 3 aliphatic rings. The summed E-state index contributed by atoms with van der Waals surface area (Å²) in [5.74, 6) is -0.692. The SMILES string of the molecule is CC(C)CS(=O)(=O)[C@@H]1C[C@@H](C(=O)NC2(C#N)CC2)N(C(=O)C2(c3ccc(Cl)cc3)CC2)C1. The fourth-order valence-electron chi connectivity index (χ4n) is 4.64. The first-order chi connectivity index (χ1) is 15.0. The molecule has 1 aromatic carbocycles. The second-order valence-electron chi connectivity index (χ2n) is 9.83. The Bertz CT molecular complexity index is 1070. The molecule has 2 atom stereocenters. The quantitative estimate of drug-likeness (QED) is 0.649. The molecule has 2 amide bonds. The van der Waals surface area contributed by atoms with Crippen LogP contribution in [-0.4, -0.2) is 54.3 Å². The van der Waals surface area contributed by atoms with Gasteiger partial charge in [0.25, 0.3) is 0 Å². The molecule has 172 valence electrons. The van der Waals surface area contributed by atoms with E-state index in [0.29, 0.717) is 30.7 Å². The van der Waals surface area contributed by atoms with Crippen molar-refractivity contribution in [1.29, 1.82) is 5.26 Å². The first-order valence-electron chi connectivity index (χ1n) is 11.0. The third-order valence-electron chi connectivity index (χ3n) is 6.78. The van der Waals surface area contributed by atoms with Gasteiger partial charge in [-0.3, -0.25) is 9.59 Å². The smallest absolute Gasteiger partial charge is 0.244 e. The van der Waals surface area contributed by atoms with Gasteiger partial charge >= 0.3 is 0 Å². The van der Waals surface area contributed by atoms with Crippen LogP contribution >= 0.6 is 11.6 Å². The van der Waals surface area contributed by atoms with Crippen LogP contribution in [0, 0.1) is 17.2 Å². The summed E-state index contributed by atoms with van der Waals surface area (Å²) in [6.07, 6.45) is 2.48. The number of nitriles is 1. The van der Waals surface area contributed by atoms with E-state index in [1.54, 1.807) is 12.1 Å². The van der Waals surface area contributed by atoms with Crippen LogP contribution in [0.15, 0.2) is 24.3 Å². The van der Waals surface area contributed by atoms with Gasteiger partial charge in [-0.15, -0.1) is 0 Å². The number of rotatable bonds is 7. The molecular weight excluding hydrogens is 450 g/mol. The zero-order chi connectivity index (χ0) is 23.3. The molecule has 2 aliphatic carbocycles. The van der Waals surface area contributed by atoms with Gasteiger partial charge in [0.15, 0.2) is 9.84 Å². The van der Waals surface area contributed by atoms with Crippen molar-refractivity contribution < 1.29 is 18.0 Å². The predicted molar refractivity (Wildman–Crippen MR) is 121 cm³/mol. The molecular formula is C23H28ClN3O4S. The minimum Gasteiger partial charge on any atom is -0.336 e. The number of nitrogens with one attached hydrogen (secondary N) is 1. The van der Waals surface area contributed by atoms with Crippen molar-refractivity contribution in [2.45, 2.75) is 68.2 Å². The molecule has 4 rings (SSSR count). The number of carbonyl (C=O) groups excluding carboxylic acids is 2. The van der Waals surface area contributed by atoms with E-state index in [9.17, 15) is 23.3 Å². The van der Waals surface area contributed by atoms with Crippen molar-refractivity contribution in [3.63, 3.8) is 0 Å². The van der Waals surface area contributed by atoms with E-state index in [-0.39, 0.29) is 30.5 Å². The topological polar surface area (TPSA) is 107 Å². The molecule has 0 radical (unpaired) electrons. The molecule has 9 heteroatoms. The van der Waals surface area contributed by atoms with Crippen LogP contribution < -0.4 is 5.32 Å². The number of hydrogen-bond donors (Lipinski definition) is 1. The van der Waals surface area contributed by atoms with Gasteiger partial charge < -0.3 is 10.2 Å². The first-order valence-corrected chi connectivity index (χ1v) is 13.1. The molecule has 0 unspecified atom stereocenters. The first kappa shape index (κ1) is 23.1. The molecule has 2 saturated carbocycles. The molecule has 32 heavy (non-hydrogen) atoms. The van der Waals surface area contributed by atoms with Crippen molar-refractivity contribution in [3.8, 4) is 6.07 Å². The summed E-state index contributed by atoms with van der Waals surface area (Å²) in [6.45, 7) is 3.67. The minimum absolute atomic E-state index is 0.000860. The zero-order valence-corrected chi connectivity index (χ0v) is 19.9.